The van der Waals surface area contributed by atoms with Gasteiger partial charge in [-0.15, -0.1) is 10.2 Å². The van der Waals surface area contributed by atoms with Crippen LogP contribution in [0.15, 0.2) is 53.8 Å². The van der Waals surface area contributed by atoms with Crippen molar-refractivity contribution in [2.45, 2.75) is 24.3 Å². The number of rotatable bonds is 5. The third kappa shape index (κ3) is 3.46. The van der Waals surface area contributed by atoms with Crippen LogP contribution in [-0.4, -0.2) is 31.5 Å². The number of pyridine rings is 1. The lowest BCUT2D eigenvalue weighted by molar-refractivity contribution is -0.115. The van der Waals surface area contributed by atoms with Crippen molar-refractivity contribution in [1.29, 1.82) is 0 Å². The Bertz CT molecular complexity index is 906. The average Bonchev–Trinajstić information content (AvgIpc) is 2.98. The van der Waals surface area contributed by atoms with E-state index in [9.17, 15) is 9.59 Å². The van der Waals surface area contributed by atoms with Gasteiger partial charge in [0.15, 0.2) is 16.6 Å². The van der Waals surface area contributed by atoms with Crippen LogP contribution >= 0.6 is 11.8 Å². The highest BCUT2D eigenvalue weighted by Gasteiger charge is 2.18. The minimum atomic E-state index is -0.362. The Kier molecular flexibility index (Phi) is 4.61. The summed E-state index contributed by atoms with van der Waals surface area (Å²) in [6.45, 7) is 3.30. The van der Waals surface area contributed by atoms with E-state index in [2.05, 4.69) is 15.5 Å². The number of benzene rings is 1. The number of Topliss-reactive ketones (excluding diaryl/α,β-unsaturated/α-hetero) is 1. The highest BCUT2D eigenvalue weighted by molar-refractivity contribution is 8.00. The summed E-state index contributed by atoms with van der Waals surface area (Å²) >= 11 is 1.33. The van der Waals surface area contributed by atoms with Crippen molar-refractivity contribution in [2.75, 3.05) is 5.32 Å². The van der Waals surface area contributed by atoms with E-state index in [0.29, 0.717) is 16.4 Å². The Balaban J connectivity index is 1.71. The van der Waals surface area contributed by atoms with Gasteiger partial charge < -0.3 is 5.32 Å². The molecular weight excluding hydrogens is 324 g/mol. The molecule has 0 aliphatic carbocycles. The van der Waals surface area contributed by atoms with E-state index >= 15 is 0 Å². The van der Waals surface area contributed by atoms with Gasteiger partial charge >= 0.3 is 0 Å². The Morgan fingerprint density at radius 3 is 2.79 bits per heavy atom. The van der Waals surface area contributed by atoms with E-state index in [1.165, 1.54) is 18.7 Å². The zero-order valence-electron chi connectivity index (χ0n) is 13.3. The van der Waals surface area contributed by atoms with Gasteiger partial charge in [0.1, 0.15) is 0 Å². The van der Waals surface area contributed by atoms with E-state index < -0.39 is 0 Å². The molecule has 0 unspecified atom stereocenters. The molecule has 1 N–H and O–H groups in total. The number of carbonyl (C=O) groups excluding carboxylic acids is 2. The van der Waals surface area contributed by atoms with Gasteiger partial charge in [-0.3, -0.25) is 14.0 Å². The maximum Gasteiger partial charge on any atom is 0.237 e. The van der Waals surface area contributed by atoms with Crippen molar-refractivity contribution in [2.24, 2.45) is 0 Å². The fraction of sp³-hybridized carbons (Fsp3) is 0.176. The SMILES string of the molecule is CC(=O)c1cccc(NC(=O)[C@H](C)Sc2nnc3ccccn23)c1. The Morgan fingerprint density at radius 2 is 2.00 bits per heavy atom. The van der Waals surface area contributed by atoms with Crippen LogP contribution in [-0.2, 0) is 4.79 Å². The normalized spacial score (nSPS) is 12.1. The second kappa shape index (κ2) is 6.84. The smallest absolute Gasteiger partial charge is 0.237 e. The molecule has 2 heterocycles. The van der Waals surface area contributed by atoms with E-state index in [4.69, 9.17) is 0 Å². The summed E-state index contributed by atoms with van der Waals surface area (Å²) in [5, 5.41) is 11.3. The van der Waals surface area contributed by atoms with E-state index in [1.54, 1.807) is 31.2 Å². The lowest BCUT2D eigenvalue weighted by Gasteiger charge is -2.11. The van der Waals surface area contributed by atoms with Crippen molar-refractivity contribution >= 4 is 34.8 Å². The molecule has 0 aliphatic heterocycles. The molecule has 1 amide bonds. The number of amides is 1. The second-order valence-corrected chi connectivity index (χ2v) is 6.61. The number of carbonyl (C=O) groups is 2. The van der Waals surface area contributed by atoms with Gasteiger partial charge in [-0.2, -0.15) is 0 Å². The molecule has 0 saturated carbocycles. The van der Waals surface area contributed by atoms with Crippen molar-refractivity contribution in [1.82, 2.24) is 14.6 Å². The van der Waals surface area contributed by atoms with Crippen LogP contribution in [0.4, 0.5) is 5.69 Å². The first-order valence-corrected chi connectivity index (χ1v) is 8.31. The molecule has 1 atom stereocenters. The number of anilines is 1. The summed E-state index contributed by atoms with van der Waals surface area (Å²) in [4.78, 5) is 23.8. The maximum atomic E-state index is 12.4. The fourth-order valence-electron chi connectivity index (χ4n) is 2.17. The second-order valence-electron chi connectivity index (χ2n) is 5.30. The summed E-state index contributed by atoms with van der Waals surface area (Å²) < 4.78 is 1.84. The van der Waals surface area contributed by atoms with Crippen LogP contribution in [0, 0.1) is 0 Å². The number of nitrogens with one attached hydrogen (secondary N) is 1. The van der Waals surface area contributed by atoms with Gasteiger partial charge in [-0.25, -0.2) is 0 Å². The molecule has 0 radical (unpaired) electrons. The molecule has 0 bridgehead atoms. The van der Waals surface area contributed by atoms with Crippen molar-refractivity contribution < 1.29 is 9.59 Å². The predicted molar refractivity (Wildman–Crippen MR) is 93.4 cm³/mol. The highest BCUT2D eigenvalue weighted by Crippen LogP contribution is 2.23. The molecule has 3 aromatic rings. The van der Waals surface area contributed by atoms with Crippen molar-refractivity contribution in [3.05, 3.63) is 54.2 Å². The van der Waals surface area contributed by atoms with Gasteiger partial charge in [0, 0.05) is 17.4 Å². The molecule has 2 aromatic heterocycles. The van der Waals surface area contributed by atoms with Crippen LogP contribution in [0.2, 0.25) is 0 Å². The number of thioether (sulfide) groups is 1. The molecule has 0 aliphatic rings. The lowest BCUT2D eigenvalue weighted by atomic mass is 10.1. The summed E-state index contributed by atoms with van der Waals surface area (Å²) in [5.74, 6) is -0.197. The van der Waals surface area contributed by atoms with Crippen molar-refractivity contribution in [3.63, 3.8) is 0 Å². The first-order chi connectivity index (χ1) is 11.5. The number of nitrogens with zero attached hydrogens (tertiary/aromatic N) is 3. The summed E-state index contributed by atoms with van der Waals surface area (Å²) in [5.41, 5.74) is 1.91. The van der Waals surface area contributed by atoms with Gasteiger partial charge in [-0.1, -0.05) is 30.0 Å². The average molecular weight is 340 g/mol. The van der Waals surface area contributed by atoms with Gasteiger partial charge in [0.25, 0.3) is 0 Å². The zero-order chi connectivity index (χ0) is 17.1. The number of hydrogen-bond donors (Lipinski definition) is 1. The summed E-state index contributed by atoms with van der Waals surface area (Å²) in [7, 11) is 0. The van der Waals surface area contributed by atoms with Crippen LogP contribution in [0.5, 0.6) is 0 Å². The van der Waals surface area contributed by atoms with Crippen LogP contribution < -0.4 is 5.32 Å². The quantitative estimate of drug-likeness (QED) is 0.571. The van der Waals surface area contributed by atoms with Gasteiger partial charge in [-0.05, 0) is 38.1 Å². The predicted octanol–water partition coefficient (Wildman–Crippen LogP) is 3.05. The zero-order valence-corrected chi connectivity index (χ0v) is 14.1. The van der Waals surface area contributed by atoms with Crippen LogP contribution in [0.3, 0.4) is 0 Å². The molecule has 3 rings (SSSR count). The molecule has 1 aromatic carbocycles. The minimum absolute atomic E-state index is 0.0385. The lowest BCUT2D eigenvalue weighted by Crippen LogP contribution is -2.22. The molecule has 24 heavy (non-hydrogen) atoms. The summed E-state index contributed by atoms with van der Waals surface area (Å²) in [6, 6.07) is 12.5. The molecular formula is C17H16N4O2S. The largest absolute Gasteiger partial charge is 0.325 e. The number of hydrogen-bond acceptors (Lipinski definition) is 5. The molecule has 0 saturated heterocycles. The standard InChI is InChI=1S/C17H16N4O2S/c1-11(22)13-6-5-7-14(10-13)18-16(23)12(2)24-17-20-19-15-8-3-4-9-21(15)17/h3-10,12H,1-2H3,(H,18,23)/t12-/m0/s1. The van der Waals surface area contributed by atoms with Gasteiger partial charge in [0.05, 0.1) is 5.25 Å². The first kappa shape index (κ1) is 16.2. The molecule has 7 heteroatoms. The number of ketones is 1. The molecule has 122 valence electrons. The van der Waals surface area contributed by atoms with Gasteiger partial charge in [0.2, 0.25) is 5.91 Å². The third-order valence-electron chi connectivity index (χ3n) is 3.47. The number of fused-ring (bicyclic) bond motifs is 1. The van der Waals surface area contributed by atoms with E-state index in [1.807, 2.05) is 28.8 Å². The Hall–Kier alpha value is -2.67. The Morgan fingerprint density at radius 1 is 1.17 bits per heavy atom. The maximum absolute atomic E-state index is 12.4. The van der Waals surface area contributed by atoms with Crippen LogP contribution in [0.25, 0.3) is 5.65 Å². The van der Waals surface area contributed by atoms with Crippen LogP contribution in [0.1, 0.15) is 24.2 Å². The topological polar surface area (TPSA) is 76.4 Å². The minimum Gasteiger partial charge on any atom is -0.325 e. The highest BCUT2D eigenvalue weighted by atomic mass is 32.2. The van der Waals surface area contributed by atoms with E-state index in [-0.39, 0.29) is 16.9 Å². The third-order valence-corrected chi connectivity index (χ3v) is 4.53. The first-order valence-electron chi connectivity index (χ1n) is 7.43. The fourth-order valence-corrected chi connectivity index (χ4v) is 3.01. The summed E-state index contributed by atoms with van der Waals surface area (Å²) in [6.07, 6.45) is 1.86. The molecule has 0 fully saturated rings. The molecule has 6 nitrogen and oxygen atoms in total. The van der Waals surface area contributed by atoms with Crippen molar-refractivity contribution in [3.8, 4) is 0 Å². The monoisotopic (exact) mass is 340 g/mol. The Labute approximate surface area is 143 Å². The number of aromatic nitrogens is 3. The van der Waals surface area contributed by atoms with E-state index in [0.717, 1.165) is 5.65 Å². The molecule has 0 spiro atoms.